The molecule has 0 unspecified atom stereocenters. The summed E-state index contributed by atoms with van der Waals surface area (Å²) in [7, 11) is 1.78. The molecule has 1 aromatic heterocycles. The van der Waals surface area contributed by atoms with E-state index in [1.165, 1.54) is 11.5 Å². The molecule has 0 aromatic carbocycles. The maximum atomic E-state index is 11.7. The standard InChI is InChI=1S/C16H29N7OS.HI/c1-5-13-20-16(25-21-13)23-10-8-22(9-11-23)15(17-4)18-7-6-14(24)19-12(2)3;/h12H,5-11H2,1-4H3,(H,17,18)(H,19,24);1H. The monoisotopic (exact) mass is 495 g/mol. The lowest BCUT2D eigenvalue weighted by Gasteiger charge is -2.36. The van der Waals surface area contributed by atoms with E-state index < -0.39 is 0 Å². The first-order valence-electron chi connectivity index (χ1n) is 8.86. The van der Waals surface area contributed by atoms with Crippen LogP contribution in [0.1, 0.15) is 33.0 Å². The average Bonchev–Trinajstić information content (AvgIpc) is 3.07. The van der Waals surface area contributed by atoms with Gasteiger partial charge in [0.05, 0.1) is 0 Å². The molecule has 0 atom stereocenters. The van der Waals surface area contributed by atoms with E-state index in [2.05, 4.69) is 41.7 Å². The number of anilines is 1. The first-order chi connectivity index (χ1) is 12.0. The minimum Gasteiger partial charge on any atom is -0.356 e. The van der Waals surface area contributed by atoms with Crippen molar-refractivity contribution in [3.63, 3.8) is 0 Å². The number of nitrogens with zero attached hydrogens (tertiary/aromatic N) is 5. The van der Waals surface area contributed by atoms with E-state index in [1.807, 2.05) is 13.8 Å². The van der Waals surface area contributed by atoms with Crippen molar-refractivity contribution in [1.29, 1.82) is 0 Å². The van der Waals surface area contributed by atoms with Crippen molar-refractivity contribution in [2.24, 2.45) is 4.99 Å². The lowest BCUT2D eigenvalue weighted by Crippen LogP contribution is -2.53. The third kappa shape index (κ3) is 6.86. The van der Waals surface area contributed by atoms with Gasteiger partial charge in [0.2, 0.25) is 11.0 Å². The molecule has 0 aliphatic carbocycles. The molecule has 0 bridgehead atoms. The second kappa shape index (κ2) is 11.5. The number of guanidine groups is 1. The summed E-state index contributed by atoms with van der Waals surface area (Å²) in [6, 6.07) is 0.175. The van der Waals surface area contributed by atoms with Crippen LogP contribution in [0.4, 0.5) is 5.13 Å². The van der Waals surface area contributed by atoms with E-state index in [-0.39, 0.29) is 35.9 Å². The SMILES string of the molecule is CCc1nsc(N2CCN(C(=NC)NCCC(=O)NC(C)C)CC2)n1.I. The predicted molar refractivity (Wildman–Crippen MR) is 118 cm³/mol. The highest BCUT2D eigenvalue weighted by Crippen LogP contribution is 2.19. The smallest absolute Gasteiger partial charge is 0.221 e. The Morgan fingerprint density at radius 3 is 2.54 bits per heavy atom. The minimum atomic E-state index is 0. The van der Waals surface area contributed by atoms with Gasteiger partial charge in [-0.05, 0) is 13.8 Å². The van der Waals surface area contributed by atoms with E-state index in [0.717, 1.165) is 49.5 Å². The van der Waals surface area contributed by atoms with E-state index in [1.54, 1.807) is 7.05 Å². The number of hydrogen-bond donors (Lipinski definition) is 2. The number of nitrogens with one attached hydrogen (secondary N) is 2. The average molecular weight is 495 g/mol. The molecule has 2 N–H and O–H groups in total. The molecule has 2 heterocycles. The normalized spacial score (nSPS) is 15.0. The molecular formula is C16H30IN7OS. The number of carbonyl (C=O) groups excluding carboxylic acids is 1. The largest absolute Gasteiger partial charge is 0.356 e. The molecule has 0 radical (unpaired) electrons. The van der Waals surface area contributed by atoms with Gasteiger partial charge in [0, 0.05) is 70.2 Å². The number of amides is 1. The van der Waals surface area contributed by atoms with Gasteiger partial charge in [-0.25, -0.2) is 4.98 Å². The van der Waals surface area contributed by atoms with Crippen LogP contribution in [0, 0.1) is 0 Å². The minimum absolute atomic E-state index is 0. The number of aliphatic imine (C=N–C) groups is 1. The Kier molecular flexibility index (Phi) is 10.1. The second-order valence-corrected chi connectivity index (χ2v) is 7.00. The van der Waals surface area contributed by atoms with Crippen LogP contribution in [-0.4, -0.2) is 71.9 Å². The maximum Gasteiger partial charge on any atom is 0.221 e. The van der Waals surface area contributed by atoms with Crippen LogP contribution in [0.2, 0.25) is 0 Å². The molecule has 2 rings (SSSR count). The fraction of sp³-hybridized carbons (Fsp3) is 0.750. The summed E-state index contributed by atoms with van der Waals surface area (Å²) in [4.78, 5) is 25.1. The van der Waals surface area contributed by atoms with Gasteiger partial charge >= 0.3 is 0 Å². The molecule has 1 amide bonds. The molecule has 1 fully saturated rings. The van der Waals surface area contributed by atoms with E-state index in [9.17, 15) is 4.79 Å². The highest BCUT2D eigenvalue weighted by molar-refractivity contribution is 14.0. The Morgan fingerprint density at radius 2 is 2.00 bits per heavy atom. The molecule has 1 aliphatic heterocycles. The number of aromatic nitrogens is 2. The molecule has 148 valence electrons. The van der Waals surface area contributed by atoms with Gasteiger partial charge in [0.1, 0.15) is 5.82 Å². The van der Waals surface area contributed by atoms with E-state index >= 15 is 0 Å². The summed E-state index contributed by atoms with van der Waals surface area (Å²) in [5.74, 6) is 1.83. The molecule has 1 aromatic rings. The third-order valence-corrected chi connectivity index (χ3v) is 4.73. The van der Waals surface area contributed by atoms with Gasteiger partial charge in [0.15, 0.2) is 5.96 Å². The van der Waals surface area contributed by atoms with Gasteiger partial charge in [-0.1, -0.05) is 6.92 Å². The van der Waals surface area contributed by atoms with Crippen molar-refractivity contribution < 1.29 is 4.79 Å². The van der Waals surface area contributed by atoms with Crippen molar-refractivity contribution in [3.05, 3.63) is 5.82 Å². The van der Waals surface area contributed by atoms with Gasteiger partial charge < -0.3 is 20.4 Å². The molecule has 8 nitrogen and oxygen atoms in total. The van der Waals surface area contributed by atoms with Crippen molar-refractivity contribution in [1.82, 2.24) is 24.9 Å². The summed E-state index contributed by atoms with van der Waals surface area (Å²) in [6.07, 6.45) is 1.32. The van der Waals surface area contributed by atoms with Gasteiger partial charge in [-0.2, -0.15) is 4.37 Å². The second-order valence-electron chi connectivity index (χ2n) is 6.27. The first-order valence-corrected chi connectivity index (χ1v) is 9.63. The molecule has 0 spiro atoms. The van der Waals surface area contributed by atoms with Crippen molar-refractivity contribution in [2.45, 2.75) is 39.7 Å². The lowest BCUT2D eigenvalue weighted by molar-refractivity contribution is -0.121. The summed E-state index contributed by atoms with van der Waals surface area (Å²) in [6.45, 7) is 10.1. The van der Waals surface area contributed by atoms with Gasteiger partial charge in [-0.3, -0.25) is 9.79 Å². The number of aryl methyl sites for hydroxylation is 1. The predicted octanol–water partition coefficient (Wildman–Crippen LogP) is 1.33. The van der Waals surface area contributed by atoms with Crippen LogP contribution in [0.5, 0.6) is 0 Å². The van der Waals surface area contributed by atoms with Crippen LogP contribution in [0.15, 0.2) is 4.99 Å². The lowest BCUT2D eigenvalue weighted by atomic mass is 10.3. The van der Waals surface area contributed by atoms with Crippen LogP contribution in [0.3, 0.4) is 0 Å². The Morgan fingerprint density at radius 1 is 1.31 bits per heavy atom. The Hall–Kier alpha value is -1.17. The summed E-state index contributed by atoms with van der Waals surface area (Å²) >= 11 is 1.47. The summed E-state index contributed by atoms with van der Waals surface area (Å²) < 4.78 is 4.36. The maximum absolute atomic E-state index is 11.7. The Balaban J connectivity index is 0.00000338. The molecule has 26 heavy (non-hydrogen) atoms. The number of piperazine rings is 1. The molecule has 10 heteroatoms. The number of rotatable bonds is 6. The molecule has 0 saturated carbocycles. The highest BCUT2D eigenvalue weighted by atomic mass is 127. The van der Waals surface area contributed by atoms with Gasteiger partial charge in [0.25, 0.3) is 0 Å². The molecule has 1 saturated heterocycles. The topological polar surface area (TPSA) is 85.8 Å². The fourth-order valence-electron chi connectivity index (χ4n) is 2.64. The zero-order valence-corrected chi connectivity index (χ0v) is 19.1. The van der Waals surface area contributed by atoms with Crippen molar-refractivity contribution in [2.75, 3.05) is 44.7 Å². The quantitative estimate of drug-likeness (QED) is 0.352. The number of halogens is 1. The third-order valence-electron chi connectivity index (χ3n) is 3.92. The summed E-state index contributed by atoms with van der Waals surface area (Å²) in [5.41, 5.74) is 0. The van der Waals surface area contributed by atoms with Crippen molar-refractivity contribution in [3.8, 4) is 0 Å². The number of carbonyl (C=O) groups is 1. The van der Waals surface area contributed by atoms with Crippen LogP contribution in [0.25, 0.3) is 0 Å². The molecular weight excluding hydrogens is 465 g/mol. The summed E-state index contributed by atoms with van der Waals surface area (Å²) in [5, 5.41) is 7.18. The van der Waals surface area contributed by atoms with Crippen molar-refractivity contribution >= 4 is 52.5 Å². The van der Waals surface area contributed by atoms with Crippen LogP contribution >= 0.6 is 35.5 Å². The van der Waals surface area contributed by atoms with E-state index in [4.69, 9.17) is 0 Å². The van der Waals surface area contributed by atoms with Crippen LogP contribution in [-0.2, 0) is 11.2 Å². The zero-order valence-electron chi connectivity index (χ0n) is 16.0. The van der Waals surface area contributed by atoms with E-state index in [0.29, 0.717) is 13.0 Å². The highest BCUT2D eigenvalue weighted by Gasteiger charge is 2.22. The van der Waals surface area contributed by atoms with Gasteiger partial charge in [-0.15, -0.1) is 24.0 Å². The molecule has 1 aliphatic rings. The number of hydrogen-bond acceptors (Lipinski definition) is 6. The Bertz CT molecular complexity index is 585. The Labute approximate surface area is 177 Å². The fourth-order valence-corrected chi connectivity index (χ4v) is 3.44. The van der Waals surface area contributed by atoms with Crippen LogP contribution < -0.4 is 15.5 Å². The zero-order chi connectivity index (χ0) is 18.2. The first kappa shape index (κ1) is 22.9.